The fourth-order valence-corrected chi connectivity index (χ4v) is 3.34. The van der Waals surface area contributed by atoms with Crippen LogP contribution in [0.3, 0.4) is 0 Å². The first-order valence-corrected chi connectivity index (χ1v) is 10.6. The third-order valence-corrected chi connectivity index (χ3v) is 5.26. The summed E-state index contributed by atoms with van der Waals surface area (Å²) < 4.78 is 41.7. The summed E-state index contributed by atoms with van der Waals surface area (Å²) in [7, 11) is -2.15. The summed E-state index contributed by atoms with van der Waals surface area (Å²) in [6.45, 7) is 2.17. The smallest absolute Gasteiger partial charge is 0.338 e. The van der Waals surface area contributed by atoms with Crippen molar-refractivity contribution in [2.75, 3.05) is 38.8 Å². The molecule has 2 N–H and O–H groups in total. The van der Waals surface area contributed by atoms with E-state index in [1.165, 1.54) is 31.4 Å². The molecular weight excluding hydrogens is 412 g/mol. The summed E-state index contributed by atoms with van der Waals surface area (Å²) in [5.74, 6) is -0.492. The molecule has 9 nitrogen and oxygen atoms in total. The second kappa shape index (κ2) is 11.3. The van der Waals surface area contributed by atoms with Gasteiger partial charge in [0, 0.05) is 19.3 Å². The number of ether oxygens (including phenoxy) is 3. The zero-order valence-corrected chi connectivity index (χ0v) is 17.5. The van der Waals surface area contributed by atoms with Gasteiger partial charge >= 0.3 is 5.97 Å². The van der Waals surface area contributed by atoms with Gasteiger partial charge in [0.05, 0.1) is 23.7 Å². The van der Waals surface area contributed by atoms with Crippen LogP contribution in [0.2, 0.25) is 0 Å². The van der Waals surface area contributed by atoms with Crippen LogP contribution in [0.4, 0.5) is 5.69 Å². The number of nitrogens with one attached hydrogen (secondary N) is 2. The average Bonchev–Trinajstić information content (AvgIpc) is 2.73. The first-order chi connectivity index (χ1) is 14.4. The number of sulfonamides is 1. The first-order valence-electron chi connectivity index (χ1n) is 9.14. The normalized spacial score (nSPS) is 11.0. The van der Waals surface area contributed by atoms with Crippen molar-refractivity contribution in [3.8, 4) is 5.75 Å². The van der Waals surface area contributed by atoms with E-state index in [2.05, 4.69) is 10.0 Å². The fraction of sp³-hybridized carbons (Fsp3) is 0.300. The van der Waals surface area contributed by atoms with Crippen LogP contribution < -0.4 is 14.8 Å². The molecule has 10 heteroatoms. The van der Waals surface area contributed by atoms with Crippen LogP contribution in [0.25, 0.3) is 0 Å². The number of hydrogen-bond donors (Lipinski definition) is 2. The van der Waals surface area contributed by atoms with E-state index in [9.17, 15) is 18.0 Å². The summed E-state index contributed by atoms with van der Waals surface area (Å²) in [5.41, 5.74) is 0.887. The van der Waals surface area contributed by atoms with E-state index in [0.717, 1.165) is 0 Å². The number of esters is 1. The van der Waals surface area contributed by atoms with E-state index in [4.69, 9.17) is 14.2 Å². The number of carbonyl (C=O) groups excluding carboxylic acids is 2. The van der Waals surface area contributed by atoms with Gasteiger partial charge < -0.3 is 19.5 Å². The molecule has 0 saturated carbocycles. The maximum Gasteiger partial charge on any atom is 0.338 e. The van der Waals surface area contributed by atoms with Crippen molar-refractivity contribution in [3.05, 3.63) is 54.1 Å². The molecule has 0 atom stereocenters. The summed E-state index contributed by atoms with van der Waals surface area (Å²) in [4.78, 5) is 23.7. The fourth-order valence-electron chi connectivity index (χ4n) is 2.33. The molecule has 2 rings (SSSR count). The number of carbonyl (C=O) groups is 2. The molecule has 0 fully saturated rings. The predicted octanol–water partition coefficient (Wildman–Crippen LogP) is 1.81. The van der Waals surface area contributed by atoms with Gasteiger partial charge in [0.25, 0.3) is 5.91 Å². The van der Waals surface area contributed by atoms with Crippen molar-refractivity contribution < 1.29 is 32.2 Å². The highest BCUT2D eigenvalue weighted by Gasteiger charge is 2.13. The summed E-state index contributed by atoms with van der Waals surface area (Å²) in [6.07, 6.45) is 0. The van der Waals surface area contributed by atoms with Gasteiger partial charge in [-0.05, 0) is 55.5 Å². The lowest BCUT2D eigenvalue weighted by atomic mass is 10.2. The third-order valence-electron chi connectivity index (χ3n) is 3.78. The molecular formula is C20H24N2O7S. The maximum atomic E-state index is 12.1. The standard InChI is InChI=1S/C20H24N2O7S/c1-3-28-20(24)15-4-6-16(7-5-15)22-19(23)14-29-17-8-10-18(11-9-17)30(25,26)21-12-13-27-2/h4-11,21H,3,12-14H2,1-2H3,(H,22,23). The number of rotatable bonds is 11. The van der Waals surface area contributed by atoms with Crippen LogP contribution in [0.15, 0.2) is 53.4 Å². The van der Waals surface area contributed by atoms with Crippen LogP contribution in [0, 0.1) is 0 Å². The molecule has 2 aromatic rings. The topological polar surface area (TPSA) is 120 Å². The highest BCUT2D eigenvalue weighted by Crippen LogP contribution is 2.16. The summed E-state index contributed by atoms with van der Waals surface area (Å²) in [5, 5.41) is 2.64. The van der Waals surface area contributed by atoms with Gasteiger partial charge in [0.1, 0.15) is 5.75 Å². The number of amides is 1. The minimum atomic E-state index is -3.63. The zero-order chi connectivity index (χ0) is 22.0. The average molecular weight is 436 g/mol. The van der Waals surface area contributed by atoms with Crippen LogP contribution in [0.5, 0.6) is 5.75 Å². The van der Waals surface area contributed by atoms with Crippen molar-refractivity contribution in [1.29, 1.82) is 0 Å². The molecule has 162 valence electrons. The van der Waals surface area contributed by atoms with Crippen LogP contribution in [-0.2, 0) is 24.3 Å². The van der Waals surface area contributed by atoms with Gasteiger partial charge in [0.15, 0.2) is 6.61 Å². The molecule has 0 heterocycles. The predicted molar refractivity (Wildman–Crippen MR) is 110 cm³/mol. The van der Waals surface area contributed by atoms with Gasteiger partial charge in [-0.1, -0.05) is 0 Å². The molecule has 0 radical (unpaired) electrons. The Morgan fingerprint density at radius 1 is 1.00 bits per heavy atom. The highest BCUT2D eigenvalue weighted by atomic mass is 32.2. The molecule has 0 saturated heterocycles. The van der Waals surface area contributed by atoms with Crippen LogP contribution in [-0.4, -0.2) is 53.8 Å². The molecule has 0 spiro atoms. The Labute approximate surface area is 175 Å². The number of hydrogen-bond acceptors (Lipinski definition) is 7. The number of benzene rings is 2. The van der Waals surface area contributed by atoms with E-state index >= 15 is 0 Å². The van der Waals surface area contributed by atoms with Crippen molar-refractivity contribution in [2.45, 2.75) is 11.8 Å². The second-order valence-corrected chi connectivity index (χ2v) is 7.76. The monoisotopic (exact) mass is 436 g/mol. The first kappa shape index (κ1) is 23.3. The van der Waals surface area contributed by atoms with Gasteiger partial charge in [-0.15, -0.1) is 0 Å². The molecule has 2 aromatic carbocycles. The van der Waals surface area contributed by atoms with Crippen molar-refractivity contribution in [3.63, 3.8) is 0 Å². The lowest BCUT2D eigenvalue weighted by molar-refractivity contribution is -0.118. The van der Waals surface area contributed by atoms with Gasteiger partial charge in [-0.2, -0.15) is 0 Å². The molecule has 0 bridgehead atoms. The second-order valence-electron chi connectivity index (χ2n) is 6.00. The number of methoxy groups -OCH3 is 1. The van der Waals surface area contributed by atoms with Gasteiger partial charge in [0.2, 0.25) is 10.0 Å². The van der Waals surface area contributed by atoms with Crippen LogP contribution >= 0.6 is 0 Å². The minimum Gasteiger partial charge on any atom is -0.484 e. The Morgan fingerprint density at radius 2 is 1.67 bits per heavy atom. The molecule has 0 unspecified atom stereocenters. The lowest BCUT2D eigenvalue weighted by Gasteiger charge is -2.09. The van der Waals surface area contributed by atoms with E-state index in [-0.39, 0.29) is 31.3 Å². The molecule has 1 amide bonds. The Morgan fingerprint density at radius 3 is 2.27 bits per heavy atom. The number of anilines is 1. The van der Waals surface area contributed by atoms with E-state index < -0.39 is 21.9 Å². The van der Waals surface area contributed by atoms with Crippen molar-refractivity contribution in [2.24, 2.45) is 0 Å². The molecule has 0 aliphatic heterocycles. The minimum absolute atomic E-state index is 0.0806. The maximum absolute atomic E-state index is 12.1. The van der Waals surface area contributed by atoms with Crippen molar-refractivity contribution in [1.82, 2.24) is 4.72 Å². The lowest BCUT2D eigenvalue weighted by Crippen LogP contribution is -2.27. The summed E-state index contributed by atoms with van der Waals surface area (Å²) in [6, 6.07) is 12.0. The zero-order valence-electron chi connectivity index (χ0n) is 16.7. The molecule has 0 aliphatic rings. The molecule has 0 aromatic heterocycles. The van der Waals surface area contributed by atoms with E-state index in [0.29, 0.717) is 17.0 Å². The Balaban J connectivity index is 1.85. The summed E-state index contributed by atoms with van der Waals surface area (Å²) >= 11 is 0. The molecule has 30 heavy (non-hydrogen) atoms. The van der Waals surface area contributed by atoms with Gasteiger partial charge in [-0.3, -0.25) is 4.79 Å². The largest absolute Gasteiger partial charge is 0.484 e. The van der Waals surface area contributed by atoms with E-state index in [1.807, 2.05) is 0 Å². The molecule has 0 aliphatic carbocycles. The van der Waals surface area contributed by atoms with E-state index in [1.54, 1.807) is 31.2 Å². The Bertz CT molecular complexity index is 942. The van der Waals surface area contributed by atoms with Crippen LogP contribution in [0.1, 0.15) is 17.3 Å². The van der Waals surface area contributed by atoms with Crippen molar-refractivity contribution >= 4 is 27.6 Å². The quantitative estimate of drug-likeness (QED) is 0.407. The SMILES string of the molecule is CCOC(=O)c1ccc(NC(=O)COc2ccc(S(=O)(=O)NCCOC)cc2)cc1. The highest BCUT2D eigenvalue weighted by molar-refractivity contribution is 7.89. The Kier molecular flexibility index (Phi) is 8.78. The van der Waals surface area contributed by atoms with Gasteiger partial charge in [-0.25, -0.2) is 17.9 Å². The third kappa shape index (κ3) is 7.14. The Hall–Kier alpha value is -2.95.